The Morgan fingerprint density at radius 3 is 2.33 bits per heavy atom. The molecule has 2 N–H and O–H groups in total. The molecule has 0 saturated heterocycles. The van der Waals surface area contributed by atoms with Gasteiger partial charge in [0, 0.05) is 27.1 Å². The van der Waals surface area contributed by atoms with Gasteiger partial charge in [-0.3, -0.25) is 9.59 Å². The average molecular weight is 214 g/mol. The lowest BCUT2D eigenvalue weighted by Crippen LogP contribution is -2.57. The molecule has 0 bridgehead atoms. The number of nitrogens with one attached hydrogen (secondary N) is 1. The van der Waals surface area contributed by atoms with Crippen LogP contribution < -0.4 is 5.32 Å². The molecule has 0 aromatic rings. The highest BCUT2D eigenvalue weighted by molar-refractivity contribution is 5.80. The van der Waals surface area contributed by atoms with Crippen LogP contribution in [0.25, 0.3) is 0 Å². The molecule has 1 aliphatic rings. The average Bonchev–Trinajstić information content (AvgIpc) is 2.08. The van der Waals surface area contributed by atoms with Crippen LogP contribution in [0.5, 0.6) is 0 Å². The highest BCUT2D eigenvalue weighted by Gasteiger charge is 2.43. The van der Waals surface area contributed by atoms with Gasteiger partial charge >= 0.3 is 5.97 Å². The summed E-state index contributed by atoms with van der Waals surface area (Å²) >= 11 is 0. The van der Waals surface area contributed by atoms with Gasteiger partial charge in [-0.2, -0.15) is 0 Å². The summed E-state index contributed by atoms with van der Waals surface area (Å²) in [6, 6.07) is 0. The molecule has 0 aromatic heterocycles. The van der Waals surface area contributed by atoms with Gasteiger partial charge in [0.05, 0.1) is 0 Å². The number of carboxylic acids is 1. The maximum absolute atomic E-state index is 11.2. The molecule has 0 aliphatic heterocycles. The number of aliphatic carboxylic acids is 1. The van der Waals surface area contributed by atoms with Crippen molar-refractivity contribution in [3.63, 3.8) is 0 Å². The van der Waals surface area contributed by atoms with Crippen molar-refractivity contribution < 1.29 is 14.7 Å². The largest absolute Gasteiger partial charge is 0.480 e. The second-order valence-corrected chi connectivity index (χ2v) is 4.21. The number of carbonyl (C=O) groups is 2. The summed E-state index contributed by atoms with van der Waals surface area (Å²) in [4.78, 5) is 23.7. The Labute approximate surface area is 89.4 Å². The molecule has 0 unspecified atom stereocenters. The Morgan fingerprint density at radius 2 is 2.00 bits per heavy atom. The van der Waals surface area contributed by atoms with Crippen LogP contribution in [-0.4, -0.2) is 48.1 Å². The first-order chi connectivity index (χ1) is 6.98. The van der Waals surface area contributed by atoms with Gasteiger partial charge in [0.1, 0.15) is 5.54 Å². The maximum Gasteiger partial charge on any atom is 0.323 e. The van der Waals surface area contributed by atoms with Crippen LogP contribution in [-0.2, 0) is 9.59 Å². The maximum atomic E-state index is 11.2. The van der Waals surface area contributed by atoms with Gasteiger partial charge in [-0.25, -0.2) is 0 Å². The number of amides is 1. The molecule has 0 atom stereocenters. The van der Waals surface area contributed by atoms with Crippen LogP contribution in [0.2, 0.25) is 0 Å². The van der Waals surface area contributed by atoms with Crippen molar-refractivity contribution in [1.29, 1.82) is 0 Å². The zero-order valence-electron chi connectivity index (χ0n) is 9.25. The van der Waals surface area contributed by atoms with Gasteiger partial charge < -0.3 is 15.3 Å². The van der Waals surface area contributed by atoms with Crippen molar-refractivity contribution in [2.45, 2.75) is 31.2 Å². The number of carboxylic acid groups (broad SMARTS) is 1. The topological polar surface area (TPSA) is 69.6 Å². The highest BCUT2D eigenvalue weighted by Crippen LogP contribution is 2.31. The van der Waals surface area contributed by atoms with Crippen LogP contribution in [0, 0.1) is 0 Å². The number of nitrogens with zero attached hydrogens (tertiary/aromatic N) is 1. The molecule has 15 heavy (non-hydrogen) atoms. The first-order valence-corrected chi connectivity index (χ1v) is 5.16. The predicted octanol–water partition coefficient (Wildman–Crippen LogP) is 0.0616. The third-order valence-corrected chi connectivity index (χ3v) is 2.92. The first-order valence-electron chi connectivity index (χ1n) is 5.16. The fraction of sp³-hybridized carbons (Fsp3) is 0.800. The van der Waals surface area contributed by atoms with E-state index < -0.39 is 11.5 Å². The van der Waals surface area contributed by atoms with Crippen LogP contribution in [0.1, 0.15) is 25.7 Å². The monoisotopic (exact) mass is 214 g/mol. The zero-order chi connectivity index (χ0) is 11.5. The van der Waals surface area contributed by atoms with E-state index in [1.54, 1.807) is 14.1 Å². The molecule has 0 spiro atoms. The molecular weight excluding hydrogens is 196 g/mol. The number of carbonyl (C=O) groups excluding carboxylic acids is 1. The number of rotatable bonds is 5. The van der Waals surface area contributed by atoms with Crippen molar-refractivity contribution in [2.24, 2.45) is 0 Å². The van der Waals surface area contributed by atoms with Crippen LogP contribution in [0.4, 0.5) is 0 Å². The van der Waals surface area contributed by atoms with Crippen LogP contribution >= 0.6 is 0 Å². The minimum absolute atomic E-state index is 0.0161. The molecule has 0 aromatic carbocycles. The smallest absolute Gasteiger partial charge is 0.323 e. The SMILES string of the molecule is CN(C)C(=O)CCNC1(C(=O)O)CCC1. The predicted molar refractivity (Wildman–Crippen MR) is 55.5 cm³/mol. The minimum atomic E-state index is -0.800. The van der Waals surface area contributed by atoms with E-state index in [1.165, 1.54) is 4.90 Å². The highest BCUT2D eigenvalue weighted by atomic mass is 16.4. The summed E-state index contributed by atoms with van der Waals surface area (Å²) in [7, 11) is 3.39. The Kier molecular flexibility index (Phi) is 3.68. The molecule has 0 heterocycles. The van der Waals surface area contributed by atoms with Gasteiger partial charge in [-0.05, 0) is 19.3 Å². The molecule has 86 valence electrons. The molecule has 1 rings (SSSR count). The summed E-state index contributed by atoms with van der Waals surface area (Å²) in [6.07, 6.45) is 2.62. The van der Waals surface area contributed by atoms with E-state index in [0.717, 1.165) is 6.42 Å². The Hall–Kier alpha value is -1.10. The summed E-state index contributed by atoms with van der Waals surface area (Å²) in [5.41, 5.74) is -0.757. The lowest BCUT2D eigenvalue weighted by Gasteiger charge is -2.38. The molecule has 1 amide bonds. The lowest BCUT2D eigenvalue weighted by molar-refractivity contribution is -0.149. The number of hydrogen-bond donors (Lipinski definition) is 2. The molecule has 1 saturated carbocycles. The van der Waals surface area contributed by atoms with E-state index in [0.29, 0.717) is 25.8 Å². The second-order valence-electron chi connectivity index (χ2n) is 4.21. The van der Waals surface area contributed by atoms with Gasteiger partial charge in [-0.1, -0.05) is 0 Å². The summed E-state index contributed by atoms with van der Waals surface area (Å²) in [6.45, 7) is 0.434. The van der Waals surface area contributed by atoms with Crippen LogP contribution in [0.3, 0.4) is 0 Å². The Bertz CT molecular complexity index is 259. The van der Waals surface area contributed by atoms with Gasteiger partial charge in [0.15, 0.2) is 0 Å². The van der Waals surface area contributed by atoms with Crippen molar-refractivity contribution in [2.75, 3.05) is 20.6 Å². The van der Waals surface area contributed by atoms with Crippen LogP contribution in [0.15, 0.2) is 0 Å². The first kappa shape index (κ1) is 12.0. The summed E-state index contributed by atoms with van der Waals surface area (Å²) in [5, 5.41) is 12.0. The van der Waals surface area contributed by atoms with Gasteiger partial charge in [0.25, 0.3) is 0 Å². The quantitative estimate of drug-likeness (QED) is 0.679. The molecule has 5 nitrogen and oxygen atoms in total. The lowest BCUT2D eigenvalue weighted by atomic mass is 9.77. The molecule has 1 fully saturated rings. The zero-order valence-corrected chi connectivity index (χ0v) is 9.25. The standard InChI is InChI=1S/C10H18N2O3/c1-12(2)8(13)4-7-11-10(9(14)15)5-3-6-10/h11H,3-7H2,1-2H3,(H,14,15). The molecule has 0 radical (unpaired) electrons. The van der Waals surface area contributed by atoms with E-state index in [1.807, 2.05) is 0 Å². The number of hydrogen-bond acceptors (Lipinski definition) is 3. The normalized spacial score (nSPS) is 18.0. The van der Waals surface area contributed by atoms with E-state index in [9.17, 15) is 9.59 Å². The van der Waals surface area contributed by atoms with E-state index >= 15 is 0 Å². The fourth-order valence-electron chi connectivity index (χ4n) is 1.63. The Morgan fingerprint density at radius 1 is 1.40 bits per heavy atom. The Balaban J connectivity index is 2.30. The van der Waals surface area contributed by atoms with Crippen molar-refractivity contribution in [1.82, 2.24) is 10.2 Å². The van der Waals surface area contributed by atoms with Crippen molar-refractivity contribution in [3.05, 3.63) is 0 Å². The molecular formula is C10H18N2O3. The summed E-state index contributed by atoms with van der Waals surface area (Å²) < 4.78 is 0. The second kappa shape index (κ2) is 4.61. The van der Waals surface area contributed by atoms with E-state index in [-0.39, 0.29) is 5.91 Å². The molecule has 5 heteroatoms. The van der Waals surface area contributed by atoms with E-state index in [2.05, 4.69) is 5.32 Å². The summed E-state index contributed by atoms with van der Waals surface area (Å²) in [5.74, 6) is -0.784. The van der Waals surface area contributed by atoms with Crippen molar-refractivity contribution >= 4 is 11.9 Å². The third kappa shape index (κ3) is 2.68. The molecule has 1 aliphatic carbocycles. The minimum Gasteiger partial charge on any atom is -0.480 e. The van der Waals surface area contributed by atoms with E-state index in [4.69, 9.17) is 5.11 Å². The van der Waals surface area contributed by atoms with Crippen molar-refractivity contribution in [3.8, 4) is 0 Å². The van der Waals surface area contributed by atoms with Gasteiger partial charge in [-0.15, -0.1) is 0 Å². The third-order valence-electron chi connectivity index (χ3n) is 2.92. The fourth-order valence-corrected chi connectivity index (χ4v) is 1.63. The van der Waals surface area contributed by atoms with Gasteiger partial charge in [0.2, 0.25) is 5.91 Å².